The molecule has 1 unspecified atom stereocenters. The number of methoxy groups -OCH3 is 1. The van der Waals surface area contributed by atoms with Crippen LogP contribution in [0.5, 0.6) is 5.06 Å². The molecule has 27 heavy (non-hydrogen) atoms. The predicted molar refractivity (Wildman–Crippen MR) is 104 cm³/mol. The Morgan fingerprint density at radius 3 is 2.81 bits per heavy atom. The summed E-state index contributed by atoms with van der Waals surface area (Å²) in [5.74, 6) is 0.135. The van der Waals surface area contributed by atoms with Gasteiger partial charge in [0.05, 0.1) is 19.7 Å². The van der Waals surface area contributed by atoms with Crippen LogP contribution in [0.15, 0.2) is 24.4 Å². The van der Waals surface area contributed by atoms with Crippen molar-refractivity contribution in [1.29, 1.82) is 0 Å². The summed E-state index contributed by atoms with van der Waals surface area (Å²) in [6.45, 7) is 5.72. The lowest BCUT2D eigenvalue weighted by Gasteiger charge is -2.25. The Morgan fingerprint density at radius 2 is 2.15 bits per heavy atom. The molecule has 1 fully saturated rings. The molecule has 2 aliphatic heterocycles. The van der Waals surface area contributed by atoms with Crippen LogP contribution in [0.2, 0.25) is 0 Å². The van der Waals surface area contributed by atoms with Gasteiger partial charge in [0.15, 0.2) is 5.06 Å². The van der Waals surface area contributed by atoms with E-state index in [2.05, 4.69) is 18.0 Å². The van der Waals surface area contributed by atoms with Gasteiger partial charge in [0.25, 0.3) is 0 Å². The maximum absolute atomic E-state index is 13.1. The number of benzene rings is 1. The lowest BCUT2D eigenvalue weighted by Crippen LogP contribution is -2.40. The highest BCUT2D eigenvalue weighted by molar-refractivity contribution is 7.13. The Bertz CT molecular complexity index is 910. The second-order valence-corrected chi connectivity index (χ2v) is 8.50. The van der Waals surface area contributed by atoms with Crippen molar-refractivity contribution in [2.24, 2.45) is 0 Å². The number of ether oxygens (including phenoxy) is 1. The second-order valence-electron chi connectivity index (χ2n) is 7.43. The maximum atomic E-state index is 13.1. The number of carbonyl (C=O) groups excluding carboxylic acids is 2. The van der Waals surface area contributed by atoms with Crippen molar-refractivity contribution < 1.29 is 14.3 Å². The third-order valence-electron chi connectivity index (χ3n) is 5.61. The van der Waals surface area contributed by atoms with Gasteiger partial charge in [0.2, 0.25) is 11.8 Å². The Kier molecular flexibility index (Phi) is 4.42. The van der Waals surface area contributed by atoms with Gasteiger partial charge in [-0.15, -0.1) is 0 Å². The maximum Gasteiger partial charge on any atom is 0.233 e. The fourth-order valence-corrected chi connectivity index (χ4v) is 4.91. The van der Waals surface area contributed by atoms with Crippen LogP contribution >= 0.6 is 11.3 Å². The number of fused-ring (bicyclic) bond motifs is 2. The highest BCUT2D eigenvalue weighted by Gasteiger charge is 2.49. The van der Waals surface area contributed by atoms with Gasteiger partial charge in [-0.25, -0.2) is 4.98 Å². The van der Waals surface area contributed by atoms with E-state index in [4.69, 9.17) is 4.74 Å². The van der Waals surface area contributed by atoms with E-state index in [0.29, 0.717) is 18.2 Å². The number of rotatable bonds is 3. The molecule has 7 heteroatoms. The van der Waals surface area contributed by atoms with Gasteiger partial charge in [0, 0.05) is 37.7 Å². The van der Waals surface area contributed by atoms with Crippen LogP contribution in [0.1, 0.15) is 29.5 Å². The molecule has 1 aromatic heterocycles. The van der Waals surface area contributed by atoms with Crippen LogP contribution in [-0.2, 0) is 21.4 Å². The van der Waals surface area contributed by atoms with Crippen LogP contribution in [0.25, 0.3) is 0 Å². The van der Waals surface area contributed by atoms with Crippen LogP contribution in [-0.4, -0.2) is 48.4 Å². The SMILES string of the molecule is COc1cnc(CC(=O)N2CC3(CCN(C(C)=O)C3)c3cc(C)ccc32)s1. The fraction of sp³-hybridized carbons (Fsp3) is 0.450. The molecule has 4 rings (SSSR count). The number of thiazole rings is 1. The number of nitrogens with zero attached hydrogens (tertiary/aromatic N) is 3. The van der Waals surface area contributed by atoms with Crippen molar-refractivity contribution in [3.8, 4) is 5.06 Å². The summed E-state index contributed by atoms with van der Waals surface area (Å²) in [5.41, 5.74) is 3.17. The molecule has 2 aliphatic rings. The zero-order chi connectivity index (χ0) is 19.2. The standard InChI is InChI=1S/C20H23N3O3S/c1-13-4-5-16-15(8-13)20(6-7-22(11-20)14(2)24)12-23(16)18(25)9-17-21-10-19(26-3)27-17/h4-5,8,10H,6-7,9,11-12H2,1-3H3. The van der Waals surface area contributed by atoms with Gasteiger partial charge in [-0.2, -0.15) is 0 Å². The van der Waals surface area contributed by atoms with Gasteiger partial charge >= 0.3 is 0 Å². The molecule has 0 N–H and O–H groups in total. The molecule has 0 bridgehead atoms. The Hall–Kier alpha value is -2.41. The largest absolute Gasteiger partial charge is 0.486 e. The first-order valence-corrected chi connectivity index (χ1v) is 9.89. The van der Waals surface area contributed by atoms with E-state index in [1.54, 1.807) is 20.2 Å². The summed E-state index contributed by atoms with van der Waals surface area (Å²) < 4.78 is 5.18. The minimum Gasteiger partial charge on any atom is -0.486 e. The zero-order valence-corrected chi connectivity index (χ0v) is 16.6. The van der Waals surface area contributed by atoms with E-state index in [9.17, 15) is 9.59 Å². The Balaban J connectivity index is 1.63. The predicted octanol–water partition coefficient (Wildman–Crippen LogP) is 2.54. The van der Waals surface area contributed by atoms with Crippen LogP contribution < -0.4 is 9.64 Å². The Morgan fingerprint density at radius 1 is 1.33 bits per heavy atom. The van der Waals surface area contributed by atoms with Crippen LogP contribution in [0.3, 0.4) is 0 Å². The molecule has 142 valence electrons. The van der Waals surface area contributed by atoms with Gasteiger partial charge in [-0.05, 0) is 25.0 Å². The van der Waals surface area contributed by atoms with Crippen molar-refractivity contribution in [2.75, 3.05) is 31.6 Å². The van der Waals surface area contributed by atoms with Crippen molar-refractivity contribution in [3.05, 3.63) is 40.5 Å². The molecule has 1 atom stereocenters. The first-order valence-electron chi connectivity index (χ1n) is 9.07. The van der Waals surface area contributed by atoms with Crippen LogP contribution in [0.4, 0.5) is 5.69 Å². The molecule has 1 spiro atoms. The first kappa shape index (κ1) is 18.0. The first-order chi connectivity index (χ1) is 12.9. The summed E-state index contributed by atoms with van der Waals surface area (Å²) >= 11 is 1.40. The average Bonchev–Trinajstić information content (AvgIpc) is 3.34. The van der Waals surface area contributed by atoms with E-state index in [-0.39, 0.29) is 23.7 Å². The molecule has 0 radical (unpaired) electrons. The topological polar surface area (TPSA) is 62.7 Å². The molecule has 0 aliphatic carbocycles. The van der Waals surface area contributed by atoms with Gasteiger partial charge in [0.1, 0.15) is 5.01 Å². The number of anilines is 1. The molecule has 0 saturated carbocycles. The number of likely N-dealkylation sites (tertiary alicyclic amines) is 1. The summed E-state index contributed by atoms with van der Waals surface area (Å²) in [6.07, 6.45) is 2.80. The van der Waals surface area contributed by atoms with E-state index < -0.39 is 0 Å². The van der Waals surface area contributed by atoms with Gasteiger partial charge < -0.3 is 14.5 Å². The fourth-order valence-electron chi connectivity index (χ4n) is 4.19. The second kappa shape index (κ2) is 6.64. The summed E-state index contributed by atoms with van der Waals surface area (Å²) in [5, 5.41) is 1.46. The lowest BCUT2D eigenvalue weighted by molar-refractivity contribution is -0.127. The van der Waals surface area contributed by atoms with E-state index >= 15 is 0 Å². The molecule has 6 nitrogen and oxygen atoms in total. The van der Waals surface area contributed by atoms with Gasteiger partial charge in [-0.3, -0.25) is 9.59 Å². The number of hydrogen-bond donors (Lipinski definition) is 0. The molecule has 1 aromatic carbocycles. The molecular formula is C20H23N3O3S. The molecule has 2 aromatic rings. The lowest BCUT2D eigenvalue weighted by atomic mass is 9.81. The quantitative estimate of drug-likeness (QED) is 0.815. The smallest absolute Gasteiger partial charge is 0.233 e. The van der Waals surface area contributed by atoms with Crippen molar-refractivity contribution >= 4 is 28.8 Å². The minimum absolute atomic E-state index is 0.0373. The average molecular weight is 385 g/mol. The molecule has 2 amide bonds. The highest BCUT2D eigenvalue weighted by Crippen LogP contribution is 2.47. The Labute approximate surface area is 162 Å². The number of aromatic nitrogens is 1. The molecule has 1 saturated heterocycles. The third-order valence-corrected chi connectivity index (χ3v) is 6.57. The molecule has 3 heterocycles. The number of aryl methyl sites for hydroxylation is 1. The van der Waals surface area contributed by atoms with E-state index in [0.717, 1.165) is 23.7 Å². The normalized spacial score (nSPS) is 21.0. The van der Waals surface area contributed by atoms with Crippen molar-refractivity contribution in [3.63, 3.8) is 0 Å². The monoisotopic (exact) mass is 385 g/mol. The van der Waals surface area contributed by atoms with E-state index in [1.807, 2.05) is 21.9 Å². The summed E-state index contributed by atoms with van der Waals surface area (Å²) in [7, 11) is 1.60. The number of carbonyl (C=O) groups is 2. The van der Waals surface area contributed by atoms with Crippen LogP contribution in [0, 0.1) is 6.92 Å². The van der Waals surface area contributed by atoms with E-state index in [1.165, 1.54) is 22.5 Å². The zero-order valence-electron chi connectivity index (χ0n) is 15.8. The number of hydrogen-bond acceptors (Lipinski definition) is 5. The van der Waals surface area contributed by atoms with Crippen molar-refractivity contribution in [1.82, 2.24) is 9.88 Å². The minimum atomic E-state index is -0.163. The van der Waals surface area contributed by atoms with Gasteiger partial charge in [-0.1, -0.05) is 29.0 Å². The third kappa shape index (κ3) is 3.10. The highest BCUT2D eigenvalue weighted by atomic mass is 32.1. The summed E-state index contributed by atoms with van der Waals surface area (Å²) in [6, 6.07) is 6.26. The summed E-state index contributed by atoms with van der Waals surface area (Å²) in [4.78, 5) is 33.0. The number of amides is 2. The van der Waals surface area contributed by atoms with Crippen molar-refractivity contribution in [2.45, 2.75) is 32.1 Å². The molecular weight excluding hydrogens is 362 g/mol.